The summed E-state index contributed by atoms with van der Waals surface area (Å²) >= 11 is 0. The lowest BCUT2D eigenvalue weighted by Gasteiger charge is -2.15. The van der Waals surface area contributed by atoms with Gasteiger partial charge in [-0.3, -0.25) is 9.59 Å². The SMILES string of the molecule is Cc1ccc(CC2=CC(=O)c3ccccc3C2=O)cc1C. The van der Waals surface area contributed by atoms with Gasteiger partial charge in [-0.2, -0.15) is 0 Å². The molecule has 2 aromatic rings. The summed E-state index contributed by atoms with van der Waals surface area (Å²) in [6, 6.07) is 13.2. The summed E-state index contributed by atoms with van der Waals surface area (Å²) in [7, 11) is 0. The smallest absolute Gasteiger partial charge is 0.190 e. The molecule has 0 saturated heterocycles. The molecule has 21 heavy (non-hydrogen) atoms. The Balaban J connectivity index is 1.95. The Kier molecular flexibility index (Phi) is 3.30. The second-order valence-electron chi connectivity index (χ2n) is 5.50. The van der Waals surface area contributed by atoms with Crippen LogP contribution < -0.4 is 0 Å². The second-order valence-corrected chi connectivity index (χ2v) is 5.50. The van der Waals surface area contributed by atoms with Crippen molar-refractivity contribution in [2.75, 3.05) is 0 Å². The van der Waals surface area contributed by atoms with Crippen molar-refractivity contribution in [1.82, 2.24) is 0 Å². The molecule has 104 valence electrons. The van der Waals surface area contributed by atoms with E-state index in [9.17, 15) is 9.59 Å². The van der Waals surface area contributed by atoms with Gasteiger partial charge in [-0.25, -0.2) is 0 Å². The van der Waals surface area contributed by atoms with Gasteiger partial charge in [-0.1, -0.05) is 42.5 Å². The van der Waals surface area contributed by atoms with Crippen LogP contribution in [0.2, 0.25) is 0 Å². The van der Waals surface area contributed by atoms with Crippen molar-refractivity contribution in [3.05, 3.63) is 81.9 Å². The number of hydrogen-bond acceptors (Lipinski definition) is 2. The van der Waals surface area contributed by atoms with Crippen LogP contribution in [0.25, 0.3) is 0 Å². The molecule has 2 nitrogen and oxygen atoms in total. The van der Waals surface area contributed by atoms with Gasteiger partial charge < -0.3 is 0 Å². The summed E-state index contributed by atoms with van der Waals surface area (Å²) < 4.78 is 0. The van der Waals surface area contributed by atoms with E-state index in [1.54, 1.807) is 24.3 Å². The fourth-order valence-electron chi connectivity index (χ4n) is 2.64. The highest BCUT2D eigenvalue weighted by Crippen LogP contribution is 2.24. The predicted molar refractivity (Wildman–Crippen MR) is 82.8 cm³/mol. The third-order valence-electron chi connectivity index (χ3n) is 4.00. The molecule has 0 aliphatic heterocycles. The largest absolute Gasteiger partial charge is 0.289 e. The standard InChI is InChI=1S/C19H16O2/c1-12-7-8-14(9-13(12)2)10-15-11-18(20)16-5-3-4-6-17(16)19(15)21/h3-9,11H,10H2,1-2H3. The average molecular weight is 276 g/mol. The Hall–Kier alpha value is -2.48. The molecule has 0 fully saturated rings. The first-order valence-corrected chi connectivity index (χ1v) is 7.01. The van der Waals surface area contributed by atoms with Crippen LogP contribution in [0.4, 0.5) is 0 Å². The third-order valence-corrected chi connectivity index (χ3v) is 4.00. The van der Waals surface area contributed by atoms with Crippen LogP contribution >= 0.6 is 0 Å². The molecule has 0 spiro atoms. The van der Waals surface area contributed by atoms with Crippen molar-refractivity contribution in [2.45, 2.75) is 20.3 Å². The zero-order valence-electron chi connectivity index (χ0n) is 12.1. The molecule has 0 aromatic heterocycles. The minimum atomic E-state index is -0.0796. The third kappa shape index (κ3) is 2.45. The van der Waals surface area contributed by atoms with E-state index < -0.39 is 0 Å². The molecule has 3 rings (SSSR count). The first kappa shape index (κ1) is 13.5. The van der Waals surface area contributed by atoms with Crippen molar-refractivity contribution in [3.8, 4) is 0 Å². The molecule has 0 radical (unpaired) electrons. The number of allylic oxidation sites excluding steroid dienone is 2. The molecule has 1 aliphatic rings. The quantitative estimate of drug-likeness (QED) is 0.835. The lowest BCUT2D eigenvalue weighted by atomic mass is 9.86. The fraction of sp³-hybridized carbons (Fsp3) is 0.158. The summed E-state index contributed by atoms with van der Waals surface area (Å²) in [4.78, 5) is 24.6. The monoisotopic (exact) mass is 276 g/mol. The molecule has 0 N–H and O–H groups in total. The maximum Gasteiger partial charge on any atom is 0.190 e. The Morgan fingerprint density at radius 1 is 0.857 bits per heavy atom. The molecule has 0 atom stereocenters. The number of rotatable bonds is 2. The highest BCUT2D eigenvalue weighted by molar-refractivity contribution is 6.24. The average Bonchev–Trinajstić information content (AvgIpc) is 2.48. The van der Waals surface area contributed by atoms with E-state index in [1.165, 1.54) is 17.2 Å². The summed E-state index contributed by atoms with van der Waals surface area (Å²) in [6.45, 7) is 4.11. The van der Waals surface area contributed by atoms with E-state index in [-0.39, 0.29) is 11.6 Å². The van der Waals surface area contributed by atoms with Gasteiger partial charge in [0.2, 0.25) is 0 Å². The number of benzene rings is 2. The molecular formula is C19H16O2. The van der Waals surface area contributed by atoms with Crippen LogP contribution in [0, 0.1) is 13.8 Å². The van der Waals surface area contributed by atoms with Gasteiger partial charge in [0.05, 0.1) is 0 Å². The van der Waals surface area contributed by atoms with Gasteiger partial charge in [-0.05, 0) is 36.6 Å². The predicted octanol–water partition coefficient (Wildman–Crippen LogP) is 3.85. The first-order valence-electron chi connectivity index (χ1n) is 7.01. The van der Waals surface area contributed by atoms with Crippen molar-refractivity contribution >= 4 is 11.6 Å². The Bertz CT molecular complexity index is 782. The van der Waals surface area contributed by atoms with E-state index >= 15 is 0 Å². The molecule has 0 saturated carbocycles. The lowest BCUT2D eigenvalue weighted by molar-refractivity contribution is 0.0982. The van der Waals surface area contributed by atoms with Crippen LogP contribution in [0.1, 0.15) is 37.4 Å². The van der Waals surface area contributed by atoms with Gasteiger partial charge in [-0.15, -0.1) is 0 Å². The molecule has 1 aliphatic carbocycles. The Morgan fingerprint density at radius 2 is 1.57 bits per heavy atom. The normalized spacial score (nSPS) is 13.9. The highest BCUT2D eigenvalue weighted by atomic mass is 16.1. The van der Waals surface area contributed by atoms with Crippen molar-refractivity contribution in [3.63, 3.8) is 0 Å². The number of ketones is 2. The summed E-state index contributed by atoms with van der Waals surface area (Å²) in [5.74, 6) is -0.118. The van der Waals surface area contributed by atoms with Crippen LogP contribution in [0.15, 0.2) is 54.1 Å². The van der Waals surface area contributed by atoms with Gasteiger partial charge in [0.15, 0.2) is 11.6 Å². The van der Waals surface area contributed by atoms with Gasteiger partial charge >= 0.3 is 0 Å². The van der Waals surface area contributed by atoms with Crippen molar-refractivity contribution in [1.29, 1.82) is 0 Å². The van der Waals surface area contributed by atoms with Crippen molar-refractivity contribution < 1.29 is 9.59 Å². The number of aryl methyl sites for hydroxylation is 2. The fourth-order valence-corrected chi connectivity index (χ4v) is 2.64. The molecule has 0 bridgehead atoms. The van der Waals surface area contributed by atoms with E-state index in [0.29, 0.717) is 23.1 Å². The van der Waals surface area contributed by atoms with Crippen LogP contribution in [-0.4, -0.2) is 11.6 Å². The summed E-state index contributed by atoms with van der Waals surface area (Å²) in [5.41, 5.74) is 5.08. The number of carbonyl (C=O) groups excluding carboxylic acids is 2. The molecule has 2 heteroatoms. The maximum absolute atomic E-state index is 12.5. The Labute approximate surface area is 124 Å². The van der Waals surface area contributed by atoms with Crippen LogP contribution in [-0.2, 0) is 6.42 Å². The maximum atomic E-state index is 12.5. The molecule has 2 aromatic carbocycles. The number of fused-ring (bicyclic) bond motifs is 1. The minimum absolute atomic E-state index is 0.0385. The van der Waals surface area contributed by atoms with Gasteiger partial charge in [0, 0.05) is 23.1 Å². The number of hydrogen-bond donors (Lipinski definition) is 0. The van der Waals surface area contributed by atoms with Crippen LogP contribution in [0.5, 0.6) is 0 Å². The topological polar surface area (TPSA) is 34.1 Å². The van der Waals surface area contributed by atoms with Gasteiger partial charge in [0.25, 0.3) is 0 Å². The minimum Gasteiger partial charge on any atom is -0.289 e. The van der Waals surface area contributed by atoms with Crippen molar-refractivity contribution in [2.24, 2.45) is 0 Å². The Morgan fingerprint density at radius 3 is 2.29 bits per heavy atom. The zero-order valence-corrected chi connectivity index (χ0v) is 12.1. The zero-order chi connectivity index (χ0) is 15.0. The highest BCUT2D eigenvalue weighted by Gasteiger charge is 2.24. The molecule has 0 unspecified atom stereocenters. The molecule has 0 heterocycles. The van der Waals surface area contributed by atoms with Gasteiger partial charge in [0.1, 0.15) is 0 Å². The summed E-state index contributed by atoms with van der Waals surface area (Å²) in [6.07, 6.45) is 1.99. The van der Waals surface area contributed by atoms with E-state index in [1.807, 2.05) is 12.1 Å². The lowest BCUT2D eigenvalue weighted by Crippen LogP contribution is -2.18. The van der Waals surface area contributed by atoms with E-state index in [4.69, 9.17) is 0 Å². The second kappa shape index (κ2) is 5.13. The van der Waals surface area contributed by atoms with E-state index in [2.05, 4.69) is 19.9 Å². The molecular weight excluding hydrogens is 260 g/mol. The number of carbonyl (C=O) groups is 2. The summed E-state index contributed by atoms with van der Waals surface area (Å²) in [5, 5.41) is 0. The number of Topliss-reactive ketones (excluding diaryl/α,β-unsaturated/α-hetero) is 1. The first-order chi connectivity index (χ1) is 10.1. The van der Waals surface area contributed by atoms with E-state index in [0.717, 1.165) is 5.56 Å². The molecule has 0 amide bonds. The van der Waals surface area contributed by atoms with Crippen LogP contribution in [0.3, 0.4) is 0 Å².